The number of nitrogens with one attached hydrogen (secondary N) is 2. The highest BCUT2D eigenvalue weighted by Gasteiger charge is 2.28. The summed E-state index contributed by atoms with van der Waals surface area (Å²) in [5, 5.41) is 4.74. The largest absolute Gasteiger partial charge is 0.497 e. The van der Waals surface area contributed by atoms with Gasteiger partial charge in [0.1, 0.15) is 5.75 Å². The van der Waals surface area contributed by atoms with Crippen LogP contribution in [-0.4, -0.2) is 37.1 Å². The Hall–Kier alpha value is -3.57. The molecule has 0 spiro atoms. The SMILES string of the molecule is COc1ccc([C@@H](CN[C@H](C)C(=O)N2CCc3ccccc32)c2c[nH]c3ccccc23)cc1. The van der Waals surface area contributed by atoms with Gasteiger partial charge >= 0.3 is 0 Å². The lowest BCUT2D eigenvalue weighted by Gasteiger charge is -2.25. The Morgan fingerprint density at radius 3 is 2.64 bits per heavy atom. The number of methoxy groups -OCH3 is 1. The molecule has 5 heteroatoms. The van der Waals surface area contributed by atoms with Crippen molar-refractivity contribution in [2.24, 2.45) is 0 Å². The summed E-state index contributed by atoms with van der Waals surface area (Å²) in [4.78, 5) is 18.6. The number of hydrogen-bond acceptors (Lipinski definition) is 3. The molecular formula is C28H29N3O2. The Balaban J connectivity index is 1.39. The Labute approximate surface area is 194 Å². The number of H-pyrrole nitrogens is 1. The van der Waals surface area contributed by atoms with Crippen molar-refractivity contribution in [2.75, 3.05) is 25.1 Å². The number of rotatable bonds is 7. The van der Waals surface area contributed by atoms with Crippen molar-refractivity contribution in [3.63, 3.8) is 0 Å². The van der Waals surface area contributed by atoms with Gasteiger partial charge in [0.15, 0.2) is 0 Å². The van der Waals surface area contributed by atoms with Crippen LogP contribution < -0.4 is 15.0 Å². The molecule has 0 unspecified atom stereocenters. The molecule has 0 aliphatic carbocycles. The number of hydrogen-bond donors (Lipinski definition) is 2. The molecule has 0 saturated carbocycles. The van der Waals surface area contributed by atoms with Crippen molar-refractivity contribution in [1.82, 2.24) is 10.3 Å². The molecule has 5 rings (SSSR count). The van der Waals surface area contributed by atoms with Crippen molar-refractivity contribution < 1.29 is 9.53 Å². The number of ether oxygens (including phenoxy) is 1. The molecule has 1 amide bonds. The van der Waals surface area contributed by atoms with E-state index in [-0.39, 0.29) is 17.9 Å². The van der Waals surface area contributed by atoms with Crippen LogP contribution >= 0.6 is 0 Å². The van der Waals surface area contributed by atoms with Gasteiger partial charge in [-0.3, -0.25) is 4.79 Å². The zero-order chi connectivity index (χ0) is 22.8. The van der Waals surface area contributed by atoms with Crippen LogP contribution in [0.25, 0.3) is 10.9 Å². The van der Waals surface area contributed by atoms with Gasteiger partial charge in [-0.25, -0.2) is 0 Å². The maximum absolute atomic E-state index is 13.3. The molecule has 2 heterocycles. The number of nitrogens with zero attached hydrogens (tertiary/aromatic N) is 1. The lowest BCUT2D eigenvalue weighted by molar-refractivity contribution is -0.120. The van der Waals surface area contributed by atoms with Crippen LogP contribution in [-0.2, 0) is 11.2 Å². The van der Waals surface area contributed by atoms with E-state index in [0.29, 0.717) is 6.54 Å². The minimum absolute atomic E-state index is 0.0909. The number of aromatic nitrogens is 1. The maximum Gasteiger partial charge on any atom is 0.243 e. The minimum Gasteiger partial charge on any atom is -0.497 e. The van der Waals surface area contributed by atoms with Gasteiger partial charge in [-0.2, -0.15) is 0 Å². The fourth-order valence-corrected chi connectivity index (χ4v) is 4.81. The van der Waals surface area contributed by atoms with E-state index in [0.717, 1.165) is 29.9 Å². The summed E-state index contributed by atoms with van der Waals surface area (Å²) in [6.45, 7) is 3.36. The predicted molar refractivity (Wildman–Crippen MR) is 133 cm³/mol. The summed E-state index contributed by atoms with van der Waals surface area (Å²) in [5.41, 5.74) is 5.80. The third-order valence-corrected chi connectivity index (χ3v) is 6.67. The summed E-state index contributed by atoms with van der Waals surface area (Å²) in [6.07, 6.45) is 3.00. The van der Waals surface area contributed by atoms with Crippen LogP contribution in [0.4, 0.5) is 5.69 Å². The molecule has 0 saturated heterocycles. The van der Waals surface area contributed by atoms with Crippen molar-refractivity contribution >= 4 is 22.5 Å². The van der Waals surface area contributed by atoms with Crippen LogP contribution in [0.1, 0.15) is 29.5 Å². The standard InChI is InChI=1S/C28H29N3O2/c1-19(28(32)31-16-15-21-7-3-6-10-27(21)31)29-17-24(20-11-13-22(33-2)14-12-20)25-18-30-26-9-5-4-8-23(25)26/h3-14,18-19,24,29-30H,15-17H2,1-2H3/t19-,24-/m1/s1. The Kier molecular flexibility index (Phi) is 5.88. The number of para-hydroxylation sites is 2. The predicted octanol–water partition coefficient (Wildman–Crippen LogP) is 4.88. The third kappa shape index (κ3) is 4.12. The van der Waals surface area contributed by atoms with Gasteiger partial charge in [-0.15, -0.1) is 0 Å². The van der Waals surface area contributed by atoms with E-state index < -0.39 is 0 Å². The molecule has 1 aliphatic heterocycles. The summed E-state index contributed by atoms with van der Waals surface area (Å²) in [6, 6.07) is 24.4. The molecule has 168 valence electrons. The molecule has 3 aromatic carbocycles. The molecular weight excluding hydrogens is 410 g/mol. The van der Waals surface area contributed by atoms with Crippen LogP contribution in [0, 0.1) is 0 Å². The highest BCUT2D eigenvalue weighted by Crippen LogP contribution is 2.32. The summed E-state index contributed by atoms with van der Waals surface area (Å²) >= 11 is 0. The fourth-order valence-electron chi connectivity index (χ4n) is 4.81. The van der Waals surface area contributed by atoms with Crippen molar-refractivity contribution in [3.05, 3.63) is 95.7 Å². The quantitative estimate of drug-likeness (QED) is 0.432. The van der Waals surface area contributed by atoms with E-state index in [9.17, 15) is 4.79 Å². The van der Waals surface area contributed by atoms with E-state index in [1.807, 2.05) is 48.2 Å². The lowest BCUT2D eigenvalue weighted by atomic mass is 9.90. The van der Waals surface area contributed by atoms with Crippen LogP contribution in [0.5, 0.6) is 5.75 Å². The Morgan fingerprint density at radius 1 is 1.06 bits per heavy atom. The molecule has 2 atom stereocenters. The fraction of sp³-hybridized carbons (Fsp3) is 0.250. The number of fused-ring (bicyclic) bond motifs is 2. The highest BCUT2D eigenvalue weighted by atomic mass is 16.5. The van der Waals surface area contributed by atoms with E-state index in [1.165, 1.54) is 22.1 Å². The second-order valence-electron chi connectivity index (χ2n) is 8.61. The smallest absolute Gasteiger partial charge is 0.243 e. The number of aromatic amines is 1. The van der Waals surface area contributed by atoms with Crippen LogP contribution in [0.15, 0.2) is 79.0 Å². The van der Waals surface area contributed by atoms with Crippen molar-refractivity contribution in [3.8, 4) is 5.75 Å². The highest BCUT2D eigenvalue weighted by molar-refractivity contribution is 5.98. The molecule has 2 N–H and O–H groups in total. The second kappa shape index (κ2) is 9.12. The normalized spacial score (nSPS) is 14.8. The molecule has 33 heavy (non-hydrogen) atoms. The molecule has 4 aromatic rings. The second-order valence-corrected chi connectivity index (χ2v) is 8.61. The van der Waals surface area contributed by atoms with Gasteiger partial charge < -0.3 is 19.9 Å². The average molecular weight is 440 g/mol. The van der Waals surface area contributed by atoms with Gasteiger partial charge in [-0.05, 0) is 54.3 Å². The average Bonchev–Trinajstić information content (AvgIpc) is 3.49. The minimum atomic E-state index is -0.290. The van der Waals surface area contributed by atoms with E-state index >= 15 is 0 Å². The molecule has 0 bridgehead atoms. The summed E-state index contributed by atoms with van der Waals surface area (Å²) in [5.74, 6) is 1.04. The first-order valence-corrected chi connectivity index (χ1v) is 11.5. The summed E-state index contributed by atoms with van der Waals surface area (Å²) in [7, 11) is 1.68. The molecule has 1 aliphatic rings. The van der Waals surface area contributed by atoms with E-state index in [4.69, 9.17) is 4.74 Å². The number of amides is 1. The molecule has 5 nitrogen and oxygen atoms in total. The van der Waals surface area contributed by atoms with Gasteiger partial charge in [0.05, 0.1) is 13.2 Å². The Bertz CT molecular complexity index is 1260. The zero-order valence-corrected chi connectivity index (χ0v) is 19.0. The molecule has 1 aromatic heterocycles. The first-order valence-electron chi connectivity index (χ1n) is 11.5. The van der Waals surface area contributed by atoms with Gasteiger partial charge in [0.25, 0.3) is 0 Å². The van der Waals surface area contributed by atoms with Gasteiger partial charge in [0.2, 0.25) is 5.91 Å². The zero-order valence-electron chi connectivity index (χ0n) is 19.0. The number of benzene rings is 3. The first kappa shape index (κ1) is 21.3. The van der Waals surface area contributed by atoms with E-state index in [1.54, 1.807) is 7.11 Å². The number of anilines is 1. The molecule has 0 radical (unpaired) electrons. The summed E-state index contributed by atoms with van der Waals surface area (Å²) < 4.78 is 5.35. The van der Waals surface area contributed by atoms with Crippen molar-refractivity contribution in [2.45, 2.75) is 25.3 Å². The Morgan fingerprint density at radius 2 is 1.82 bits per heavy atom. The monoisotopic (exact) mass is 439 g/mol. The van der Waals surface area contributed by atoms with Gasteiger partial charge in [0, 0.05) is 41.8 Å². The van der Waals surface area contributed by atoms with Crippen LogP contribution in [0.2, 0.25) is 0 Å². The van der Waals surface area contributed by atoms with Crippen molar-refractivity contribution in [1.29, 1.82) is 0 Å². The maximum atomic E-state index is 13.3. The van der Waals surface area contributed by atoms with E-state index in [2.05, 4.69) is 52.9 Å². The van der Waals surface area contributed by atoms with Gasteiger partial charge in [-0.1, -0.05) is 48.5 Å². The number of carbonyl (C=O) groups excluding carboxylic acids is 1. The lowest BCUT2D eigenvalue weighted by Crippen LogP contribution is -2.45. The number of carbonyl (C=O) groups is 1. The topological polar surface area (TPSA) is 57.4 Å². The first-order chi connectivity index (χ1) is 16.2. The molecule has 0 fully saturated rings. The van der Waals surface area contributed by atoms with Crippen LogP contribution in [0.3, 0.4) is 0 Å². The third-order valence-electron chi connectivity index (χ3n) is 6.67.